The Hall–Kier alpha value is -0.250. The molecule has 0 saturated heterocycles. The molecule has 0 fully saturated rings. The van der Waals surface area contributed by atoms with Gasteiger partial charge in [0.15, 0.2) is 9.84 Å². The molecule has 0 aliphatic rings. The van der Waals surface area contributed by atoms with Gasteiger partial charge in [0.1, 0.15) is 0 Å². The smallest absolute Gasteiger partial charge is 0.175 e. The van der Waals surface area contributed by atoms with Gasteiger partial charge in [-0.1, -0.05) is 17.7 Å². The first-order valence-corrected chi connectivity index (χ1v) is 7.30. The van der Waals surface area contributed by atoms with Crippen LogP contribution in [0.25, 0.3) is 0 Å². The van der Waals surface area contributed by atoms with Crippen molar-refractivity contribution < 1.29 is 8.42 Å². The lowest BCUT2D eigenvalue weighted by Crippen LogP contribution is -1.98. The lowest BCUT2D eigenvalue weighted by atomic mass is 10.1. The summed E-state index contributed by atoms with van der Waals surface area (Å²) in [6.45, 7) is 0. The second-order valence-corrected chi connectivity index (χ2v) is 6.12. The number of halogens is 2. The lowest BCUT2D eigenvalue weighted by Gasteiger charge is -2.05. The minimum Gasteiger partial charge on any atom is -0.224 e. The Balaban J connectivity index is 2.99. The van der Waals surface area contributed by atoms with E-state index >= 15 is 0 Å². The van der Waals surface area contributed by atoms with Gasteiger partial charge in [0, 0.05) is 17.2 Å². The van der Waals surface area contributed by atoms with Gasteiger partial charge in [-0.05, 0) is 30.5 Å². The maximum atomic E-state index is 11.2. The molecule has 0 aliphatic carbocycles. The van der Waals surface area contributed by atoms with Crippen LogP contribution in [0, 0.1) is 0 Å². The first-order chi connectivity index (χ1) is 6.95. The van der Waals surface area contributed by atoms with E-state index in [9.17, 15) is 8.42 Å². The van der Waals surface area contributed by atoms with Gasteiger partial charge in [-0.25, -0.2) is 8.42 Å². The number of hydrogen-bond acceptors (Lipinski definition) is 2. The minimum atomic E-state index is -3.17. The van der Waals surface area contributed by atoms with Gasteiger partial charge >= 0.3 is 0 Å². The van der Waals surface area contributed by atoms with E-state index in [0.29, 0.717) is 10.9 Å². The molecule has 0 bridgehead atoms. The topological polar surface area (TPSA) is 34.1 Å². The molecular weight excluding hydrogens is 255 g/mol. The Morgan fingerprint density at radius 1 is 1.33 bits per heavy atom. The normalized spacial score (nSPS) is 11.7. The van der Waals surface area contributed by atoms with Gasteiger partial charge in [-0.3, -0.25) is 0 Å². The van der Waals surface area contributed by atoms with Gasteiger partial charge in [0.25, 0.3) is 0 Å². The van der Waals surface area contributed by atoms with E-state index in [1.807, 2.05) is 0 Å². The van der Waals surface area contributed by atoms with Crippen molar-refractivity contribution in [3.63, 3.8) is 0 Å². The second-order valence-electron chi connectivity index (χ2n) is 3.32. The van der Waals surface area contributed by atoms with Crippen molar-refractivity contribution >= 4 is 33.0 Å². The van der Waals surface area contributed by atoms with Crippen molar-refractivity contribution in [1.82, 2.24) is 0 Å². The monoisotopic (exact) mass is 266 g/mol. The van der Waals surface area contributed by atoms with Crippen LogP contribution in [0.3, 0.4) is 0 Å². The van der Waals surface area contributed by atoms with Crippen LogP contribution in [0.4, 0.5) is 0 Å². The van der Waals surface area contributed by atoms with Crippen molar-refractivity contribution in [3.05, 3.63) is 28.8 Å². The first kappa shape index (κ1) is 12.8. The molecule has 0 saturated carbocycles. The molecule has 15 heavy (non-hydrogen) atoms. The van der Waals surface area contributed by atoms with E-state index < -0.39 is 9.84 Å². The summed E-state index contributed by atoms with van der Waals surface area (Å²) >= 11 is 11.5. The van der Waals surface area contributed by atoms with E-state index in [1.54, 1.807) is 12.1 Å². The molecule has 0 unspecified atom stereocenters. The zero-order chi connectivity index (χ0) is 11.5. The Morgan fingerprint density at radius 2 is 2.00 bits per heavy atom. The van der Waals surface area contributed by atoms with Gasteiger partial charge in [-0.2, -0.15) is 0 Å². The SMILES string of the molecule is CS(=O)(=O)c1ccc(CCCCl)c(Cl)c1. The van der Waals surface area contributed by atoms with Crippen molar-refractivity contribution in [2.75, 3.05) is 12.1 Å². The number of hydrogen-bond donors (Lipinski definition) is 0. The van der Waals surface area contributed by atoms with Crippen LogP contribution < -0.4 is 0 Å². The average Bonchev–Trinajstić information content (AvgIpc) is 2.14. The molecule has 84 valence electrons. The summed E-state index contributed by atoms with van der Waals surface area (Å²) in [5, 5.41) is 0.489. The Bertz CT molecular complexity index is 441. The molecule has 0 radical (unpaired) electrons. The summed E-state index contributed by atoms with van der Waals surface area (Å²) in [5.41, 5.74) is 0.935. The van der Waals surface area contributed by atoms with Crippen LogP contribution in [-0.2, 0) is 16.3 Å². The maximum absolute atomic E-state index is 11.2. The quantitative estimate of drug-likeness (QED) is 0.786. The number of benzene rings is 1. The Morgan fingerprint density at radius 3 is 2.47 bits per heavy atom. The molecule has 0 aliphatic heterocycles. The summed E-state index contributed by atoms with van der Waals surface area (Å²) in [5.74, 6) is 0.574. The highest BCUT2D eigenvalue weighted by atomic mass is 35.5. The van der Waals surface area contributed by atoms with E-state index in [2.05, 4.69) is 0 Å². The summed E-state index contributed by atoms with van der Waals surface area (Å²) in [6, 6.07) is 4.80. The zero-order valence-corrected chi connectivity index (χ0v) is 10.7. The molecule has 0 N–H and O–H groups in total. The molecule has 0 aromatic heterocycles. The molecule has 1 aromatic rings. The summed E-state index contributed by atoms with van der Waals surface area (Å²) < 4.78 is 22.5. The van der Waals surface area contributed by atoms with Gasteiger partial charge in [-0.15, -0.1) is 11.6 Å². The van der Waals surface area contributed by atoms with Crippen molar-refractivity contribution in [3.8, 4) is 0 Å². The second kappa shape index (κ2) is 5.19. The van der Waals surface area contributed by atoms with Crippen molar-refractivity contribution in [1.29, 1.82) is 0 Å². The fraction of sp³-hybridized carbons (Fsp3) is 0.400. The third-order valence-corrected chi connectivity index (χ3v) is 3.76. The standard InChI is InChI=1S/C10H12Cl2O2S/c1-15(13,14)9-5-4-8(3-2-6-11)10(12)7-9/h4-5,7H,2-3,6H2,1H3. The highest BCUT2D eigenvalue weighted by Crippen LogP contribution is 2.22. The Kier molecular flexibility index (Phi) is 4.44. The van der Waals surface area contributed by atoms with Crippen LogP contribution in [0.1, 0.15) is 12.0 Å². The van der Waals surface area contributed by atoms with Crippen LogP contribution in [-0.4, -0.2) is 20.6 Å². The summed E-state index contributed by atoms with van der Waals surface area (Å²) in [4.78, 5) is 0.252. The van der Waals surface area contributed by atoms with E-state index in [1.165, 1.54) is 6.07 Å². The van der Waals surface area contributed by atoms with Crippen molar-refractivity contribution in [2.45, 2.75) is 17.7 Å². The predicted molar refractivity (Wildman–Crippen MR) is 63.6 cm³/mol. The fourth-order valence-electron chi connectivity index (χ4n) is 1.22. The van der Waals surface area contributed by atoms with Crippen LogP contribution in [0.2, 0.25) is 5.02 Å². The van der Waals surface area contributed by atoms with Crippen LogP contribution in [0.5, 0.6) is 0 Å². The average molecular weight is 267 g/mol. The molecule has 0 atom stereocenters. The van der Waals surface area contributed by atoms with E-state index in [0.717, 1.165) is 24.7 Å². The van der Waals surface area contributed by atoms with E-state index in [-0.39, 0.29) is 4.90 Å². The minimum absolute atomic E-state index is 0.252. The molecule has 0 spiro atoms. The van der Waals surface area contributed by atoms with Gasteiger partial charge < -0.3 is 0 Å². The third-order valence-electron chi connectivity index (χ3n) is 2.03. The van der Waals surface area contributed by atoms with Gasteiger partial charge in [0.2, 0.25) is 0 Å². The Labute approximate surface area is 100 Å². The largest absolute Gasteiger partial charge is 0.224 e. The number of aryl methyl sites for hydroxylation is 1. The van der Waals surface area contributed by atoms with Crippen LogP contribution >= 0.6 is 23.2 Å². The molecule has 2 nitrogen and oxygen atoms in total. The van der Waals surface area contributed by atoms with Crippen LogP contribution in [0.15, 0.2) is 23.1 Å². The first-order valence-electron chi connectivity index (χ1n) is 4.49. The van der Waals surface area contributed by atoms with Crippen molar-refractivity contribution in [2.24, 2.45) is 0 Å². The number of sulfone groups is 1. The predicted octanol–water partition coefficient (Wildman–Crippen LogP) is 2.91. The summed E-state index contributed by atoms with van der Waals surface area (Å²) in [7, 11) is -3.17. The maximum Gasteiger partial charge on any atom is 0.175 e. The zero-order valence-electron chi connectivity index (χ0n) is 8.33. The number of alkyl halides is 1. The van der Waals surface area contributed by atoms with Gasteiger partial charge in [0.05, 0.1) is 4.90 Å². The lowest BCUT2D eigenvalue weighted by molar-refractivity contribution is 0.602. The highest BCUT2D eigenvalue weighted by molar-refractivity contribution is 7.90. The molecular formula is C10H12Cl2O2S. The fourth-order valence-corrected chi connectivity index (χ4v) is 2.34. The van der Waals surface area contributed by atoms with E-state index in [4.69, 9.17) is 23.2 Å². The molecule has 0 heterocycles. The molecule has 5 heteroatoms. The molecule has 1 rings (SSSR count). The highest BCUT2D eigenvalue weighted by Gasteiger charge is 2.09. The summed E-state index contributed by atoms with van der Waals surface area (Å²) in [6.07, 6.45) is 2.77. The third kappa shape index (κ3) is 3.67. The molecule has 0 amide bonds. The number of rotatable bonds is 4. The molecule has 1 aromatic carbocycles.